The third-order valence-electron chi connectivity index (χ3n) is 1.92. The fourth-order valence-corrected chi connectivity index (χ4v) is 0.841. The van der Waals surface area contributed by atoms with Crippen molar-refractivity contribution in [2.24, 2.45) is 0 Å². The molecule has 0 aromatic carbocycles. The van der Waals surface area contributed by atoms with Gasteiger partial charge >= 0.3 is 5.97 Å². The Kier molecular flexibility index (Phi) is 7.69. The number of esters is 1. The Morgan fingerprint density at radius 1 is 1.46 bits per heavy atom. The van der Waals surface area contributed by atoms with Gasteiger partial charge in [-0.3, -0.25) is 4.79 Å². The lowest BCUT2D eigenvalue weighted by Crippen LogP contribution is -2.11. The van der Waals surface area contributed by atoms with Crippen LogP contribution in [0.5, 0.6) is 0 Å². The smallest absolute Gasteiger partial charge is 0.305 e. The summed E-state index contributed by atoms with van der Waals surface area (Å²) >= 11 is 0. The van der Waals surface area contributed by atoms with Crippen molar-refractivity contribution in [3.05, 3.63) is 0 Å². The minimum absolute atomic E-state index is 0.114. The quantitative estimate of drug-likeness (QED) is 0.453. The van der Waals surface area contributed by atoms with Gasteiger partial charge in [0.2, 0.25) is 0 Å². The van der Waals surface area contributed by atoms with E-state index >= 15 is 0 Å². The fourth-order valence-electron chi connectivity index (χ4n) is 0.841. The summed E-state index contributed by atoms with van der Waals surface area (Å²) in [5.41, 5.74) is 0. The summed E-state index contributed by atoms with van der Waals surface area (Å²) in [6.07, 6.45) is 3.34. The highest BCUT2D eigenvalue weighted by atomic mass is 16.5. The van der Waals surface area contributed by atoms with Crippen molar-refractivity contribution in [2.75, 3.05) is 13.7 Å². The zero-order chi connectivity index (χ0) is 10.1. The van der Waals surface area contributed by atoms with Gasteiger partial charge in [0.05, 0.1) is 12.7 Å². The standard InChI is InChI=1S/C10H20O3/c1-4-5-8-13-10(11)7-6-9(2)12-3/h9H,4-8H2,1-3H3. The second-order valence-corrected chi connectivity index (χ2v) is 3.16. The minimum Gasteiger partial charge on any atom is -0.466 e. The number of methoxy groups -OCH3 is 1. The predicted octanol–water partition coefficient (Wildman–Crippen LogP) is 2.14. The molecule has 0 N–H and O–H groups in total. The Bertz CT molecular complexity index is 134. The van der Waals surface area contributed by atoms with Crippen LogP contribution >= 0.6 is 0 Å². The van der Waals surface area contributed by atoms with Crippen LogP contribution < -0.4 is 0 Å². The number of hydrogen-bond acceptors (Lipinski definition) is 3. The molecule has 0 saturated carbocycles. The summed E-state index contributed by atoms with van der Waals surface area (Å²) in [5.74, 6) is -0.114. The van der Waals surface area contributed by atoms with Gasteiger partial charge in [-0.05, 0) is 19.8 Å². The molecular weight excluding hydrogens is 168 g/mol. The number of ether oxygens (including phenoxy) is 2. The van der Waals surface area contributed by atoms with Crippen LogP contribution in [0, 0.1) is 0 Å². The molecule has 0 heterocycles. The van der Waals surface area contributed by atoms with Gasteiger partial charge in [-0.25, -0.2) is 0 Å². The van der Waals surface area contributed by atoms with Gasteiger partial charge in [-0.2, -0.15) is 0 Å². The molecule has 0 radical (unpaired) electrons. The Morgan fingerprint density at radius 3 is 2.69 bits per heavy atom. The van der Waals surface area contributed by atoms with Crippen LogP contribution in [0.4, 0.5) is 0 Å². The summed E-state index contributed by atoms with van der Waals surface area (Å²) in [6, 6.07) is 0. The Morgan fingerprint density at radius 2 is 2.15 bits per heavy atom. The average Bonchev–Trinajstić information content (AvgIpc) is 2.14. The molecule has 0 amide bonds. The number of rotatable bonds is 7. The number of hydrogen-bond donors (Lipinski definition) is 0. The number of carbonyl (C=O) groups excluding carboxylic acids is 1. The molecule has 3 heteroatoms. The zero-order valence-corrected chi connectivity index (χ0v) is 8.84. The van der Waals surface area contributed by atoms with E-state index in [0.717, 1.165) is 19.3 Å². The van der Waals surface area contributed by atoms with Gasteiger partial charge in [-0.15, -0.1) is 0 Å². The molecule has 0 aromatic rings. The van der Waals surface area contributed by atoms with Crippen molar-refractivity contribution >= 4 is 5.97 Å². The molecule has 0 aliphatic rings. The molecule has 3 nitrogen and oxygen atoms in total. The average molecular weight is 188 g/mol. The molecular formula is C10H20O3. The highest BCUT2D eigenvalue weighted by molar-refractivity contribution is 5.69. The van der Waals surface area contributed by atoms with Crippen LogP contribution in [-0.4, -0.2) is 25.8 Å². The summed E-state index contributed by atoms with van der Waals surface area (Å²) < 4.78 is 10.0. The van der Waals surface area contributed by atoms with Crippen molar-refractivity contribution in [1.82, 2.24) is 0 Å². The molecule has 0 aromatic heterocycles. The van der Waals surface area contributed by atoms with E-state index in [9.17, 15) is 4.79 Å². The van der Waals surface area contributed by atoms with Gasteiger partial charge in [0, 0.05) is 13.5 Å². The number of carbonyl (C=O) groups is 1. The van der Waals surface area contributed by atoms with Crippen molar-refractivity contribution < 1.29 is 14.3 Å². The van der Waals surface area contributed by atoms with Crippen molar-refractivity contribution in [3.8, 4) is 0 Å². The normalized spacial score (nSPS) is 12.5. The van der Waals surface area contributed by atoms with Crippen molar-refractivity contribution in [2.45, 2.75) is 45.6 Å². The zero-order valence-electron chi connectivity index (χ0n) is 8.84. The first-order valence-corrected chi connectivity index (χ1v) is 4.89. The first-order valence-electron chi connectivity index (χ1n) is 4.89. The van der Waals surface area contributed by atoms with Crippen LogP contribution in [0.2, 0.25) is 0 Å². The third kappa shape index (κ3) is 7.78. The molecule has 0 fully saturated rings. The van der Waals surface area contributed by atoms with E-state index in [0.29, 0.717) is 13.0 Å². The van der Waals surface area contributed by atoms with Crippen LogP contribution in [0.3, 0.4) is 0 Å². The molecule has 0 rings (SSSR count). The van der Waals surface area contributed by atoms with Gasteiger partial charge in [0.25, 0.3) is 0 Å². The van der Waals surface area contributed by atoms with Gasteiger partial charge < -0.3 is 9.47 Å². The molecule has 0 aliphatic carbocycles. The lowest BCUT2D eigenvalue weighted by molar-refractivity contribution is -0.144. The van der Waals surface area contributed by atoms with Crippen molar-refractivity contribution in [1.29, 1.82) is 0 Å². The minimum atomic E-state index is -0.114. The highest BCUT2D eigenvalue weighted by Gasteiger charge is 2.05. The number of unbranched alkanes of at least 4 members (excludes halogenated alkanes) is 1. The summed E-state index contributed by atoms with van der Waals surface area (Å²) in [4.78, 5) is 11.1. The molecule has 78 valence electrons. The van der Waals surface area contributed by atoms with Crippen LogP contribution in [-0.2, 0) is 14.3 Å². The second kappa shape index (κ2) is 8.05. The summed E-state index contributed by atoms with van der Waals surface area (Å²) in [5, 5.41) is 0. The molecule has 1 unspecified atom stereocenters. The van der Waals surface area contributed by atoms with Gasteiger partial charge in [0.1, 0.15) is 0 Å². The molecule has 0 spiro atoms. The first-order chi connectivity index (χ1) is 6.20. The SMILES string of the molecule is CCCCOC(=O)CCC(C)OC. The topological polar surface area (TPSA) is 35.5 Å². The predicted molar refractivity (Wildman–Crippen MR) is 51.6 cm³/mol. The lowest BCUT2D eigenvalue weighted by Gasteiger charge is -2.08. The summed E-state index contributed by atoms with van der Waals surface area (Å²) in [7, 11) is 1.65. The van der Waals surface area contributed by atoms with Crippen LogP contribution in [0.15, 0.2) is 0 Å². The monoisotopic (exact) mass is 188 g/mol. The highest BCUT2D eigenvalue weighted by Crippen LogP contribution is 2.01. The van der Waals surface area contributed by atoms with Gasteiger partial charge in [0.15, 0.2) is 0 Å². The van der Waals surface area contributed by atoms with E-state index in [1.165, 1.54) is 0 Å². The maximum Gasteiger partial charge on any atom is 0.305 e. The van der Waals surface area contributed by atoms with E-state index in [4.69, 9.17) is 9.47 Å². The largest absolute Gasteiger partial charge is 0.466 e. The third-order valence-corrected chi connectivity index (χ3v) is 1.92. The van der Waals surface area contributed by atoms with E-state index in [1.54, 1.807) is 7.11 Å². The molecule has 0 bridgehead atoms. The maximum atomic E-state index is 11.1. The van der Waals surface area contributed by atoms with Gasteiger partial charge in [-0.1, -0.05) is 13.3 Å². The maximum absolute atomic E-state index is 11.1. The Labute approximate surface area is 80.4 Å². The summed E-state index contributed by atoms with van der Waals surface area (Å²) in [6.45, 7) is 4.57. The lowest BCUT2D eigenvalue weighted by atomic mass is 10.2. The van der Waals surface area contributed by atoms with E-state index in [2.05, 4.69) is 6.92 Å². The first kappa shape index (κ1) is 12.4. The second-order valence-electron chi connectivity index (χ2n) is 3.16. The molecule has 13 heavy (non-hydrogen) atoms. The van der Waals surface area contributed by atoms with E-state index in [-0.39, 0.29) is 12.1 Å². The molecule has 1 atom stereocenters. The Balaban J connectivity index is 3.30. The Hall–Kier alpha value is -0.570. The van der Waals surface area contributed by atoms with Crippen molar-refractivity contribution in [3.63, 3.8) is 0 Å². The van der Waals surface area contributed by atoms with E-state index in [1.807, 2.05) is 6.92 Å². The molecule has 0 saturated heterocycles. The fraction of sp³-hybridized carbons (Fsp3) is 0.900. The van der Waals surface area contributed by atoms with Crippen LogP contribution in [0.25, 0.3) is 0 Å². The van der Waals surface area contributed by atoms with Crippen LogP contribution in [0.1, 0.15) is 39.5 Å². The van der Waals surface area contributed by atoms with E-state index < -0.39 is 0 Å². The molecule has 0 aliphatic heterocycles.